The van der Waals surface area contributed by atoms with Crippen molar-refractivity contribution in [2.45, 2.75) is 70.0 Å². The first-order valence-electron chi connectivity index (χ1n) is 6.58. The lowest BCUT2D eigenvalue weighted by atomic mass is 9.95. The quantitative estimate of drug-likeness (QED) is 0.415. The highest BCUT2D eigenvalue weighted by Gasteiger charge is 2.36. The molecule has 3 heteroatoms. The summed E-state index contributed by atoms with van der Waals surface area (Å²) in [6, 6.07) is 0. The lowest BCUT2D eigenvalue weighted by molar-refractivity contribution is 0.491. The average molecular weight is 277 g/mol. The smallest absolute Gasteiger partial charge is 0.104 e. The number of unbranched alkanes of at least 4 members (excludes halogenated alkanes) is 4. The zero-order valence-corrected chi connectivity index (χ0v) is 13.0. The summed E-state index contributed by atoms with van der Waals surface area (Å²) in [5.41, 5.74) is 0. The van der Waals surface area contributed by atoms with E-state index in [-0.39, 0.29) is 0 Å². The van der Waals surface area contributed by atoms with Gasteiger partial charge in [0.1, 0.15) is 3.53 Å². The first-order valence-corrected chi connectivity index (χ1v) is 8.79. The van der Waals surface area contributed by atoms with E-state index in [1.807, 2.05) is 23.5 Å². The second-order valence-corrected chi connectivity index (χ2v) is 8.39. The summed E-state index contributed by atoms with van der Waals surface area (Å²) < 4.78 is 1.69. The zero-order valence-electron chi connectivity index (χ0n) is 10.6. The van der Waals surface area contributed by atoms with Crippen LogP contribution in [-0.2, 0) is 0 Å². The molecule has 0 nitrogen and oxygen atoms in total. The molecule has 1 saturated heterocycles. The molecule has 1 rings (SSSR count). The molecule has 0 aromatic carbocycles. The van der Waals surface area contributed by atoms with E-state index in [0.717, 1.165) is 0 Å². The van der Waals surface area contributed by atoms with Gasteiger partial charge in [-0.05, 0) is 12.8 Å². The molecular formula is C13H24S3. The van der Waals surface area contributed by atoms with Gasteiger partial charge in [-0.2, -0.15) is 0 Å². The normalized spacial score (nSPS) is 19.2. The number of hydrogen-bond acceptors (Lipinski definition) is 3. The summed E-state index contributed by atoms with van der Waals surface area (Å²) in [6.45, 7) is 4.57. The molecule has 1 fully saturated rings. The van der Waals surface area contributed by atoms with Crippen LogP contribution in [0.15, 0.2) is 0 Å². The highest BCUT2D eigenvalue weighted by molar-refractivity contribution is 8.49. The highest BCUT2D eigenvalue weighted by Crippen LogP contribution is 2.48. The molecule has 0 saturated carbocycles. The topological polar surface area (TPSA) is 0 Å². The van der Waals surface area contributed by atoms with E-state index in [1.165, 1.54) is 60.6 Å². The Bertz CT molecular complexity index is 203. The van der Waals surface area contributed by atoms with Gasteiger partial charge in [0.05, 0.1) is 0 Å². The minimum Gasteiger partial charge on any atom is -0.106 e. The first-order chi connectivity index (χ1) is 7.72. The van der Waals surface area contributed by atoms with Crippen molar-refractivity contribution in [2.75, 3.05) is 5.75 Å². The van der Waals surface area contributed by atoms with Gasteiger partial charge >= 0.3 is 0 Å². The number of thiocarbonyl (C=S) groups is 1. The monoisotopic (exact) mass is 276 g/mol. The highest BCUT2D eigenvalue weighted by atomic mass is 32.2. The van der Waals surface area contributed by atoms with Gasteiger partial charge in [-0.25, -0.2) is 0 Å². The molecule has 94 valence electrons. The van der Waals surface area contributed by atoms with Crippen molar-refractivity contribution in [3.05, 3.63) is 0 Å². The van der Waals surface area contributed by atoms with Crippen LogP contribution < -0.4 is 0 Å². The molecule has 1 heterocycles. The van der Waals surface area contributed by atoms with Gasteiger partial charge < -0.3 is 0 Å². The summed E-state index contributed by atoms with van der Waals surface area (Å²) in [6.07, 6.45) is 10.9. The van der Waals surface area contributed by atoms with Crippen LogP contribution in [-0.4, -0.2) is 14.0 Å². The van der Waals surface area contributed by atoms with Crippen LogP contribution in [0.25, 0.3) is 0 Å². The van der Waals surface area contributed by atoms with E-state index in [2.05, 4.69) is 13.8 Å². The third-order valence-electron chi connectivity index (χ3n) is 3.22. The molecule has 0 amide bonds. The Morgan fingerprint density at radius 1 is 1.06 bits per heavy atom. The zero-order chi connectivity index (χ0) is 11.9. The Morgan fingerprint density at radius 2 is 1.62 bits per heavy atom. The van der Waals surface area contributed by atoms with Gasteiger partial charge in [0, 0.05) is 10.5 Å². The van der Waals surface area contributed by atoms with Crippen LogP contribution in [0.3, 0.4) is 0 Å². The molecule has 0 N–H and O–H groups in total. The maximum atomic E-state index is 5.35. The van der Waals surface area contributed by atoms with Crippen molar-refractivity contribution in [2.24, 2.45) is 0 Å². The lowest BCUT2D eigenvalue weighted by Crippen LogP contribution is -2.24. The third-order valence-corrected chi connectivity index (χ3v) is 6.70. The van der Waals surface area contributed by atoms with Crippen molar-refractivity contribution in [1.29, 1.82) is 0 Å². The average Bonchev–Trinajstić information content (AvgIpc) is 2.62. The molecule has 16 heavy (non-hydrogen) atoms. The fourth-order valence-corrected chi connectivity index (χ4v) is 5.77. The molecule has 0 spiro atoms. The summed E-state index contributed by atoms with van der Waals surface area (Å²) >= 11 is 9.27. The maximum Gasteiger partial charge on any atom is 0.104 e. The largest absolute Gasteiger partial charge is 0.106 e. The molecule has 0 aliphatic carbocycles. The summed E-state index contributed by atoms with van der Waals surface area (Å²) in [7, 11) is 0. The minimum atomic E-state index is 0.506. The Hall–Kier alpha value is 0.790. The Morgan fingerprint density at radius 3 is 2.00 bits per heavy atom. The van der Waals surface area contributed by atoms with Crippen LogP contribution in [0.4, 0.5) is 0 Å². The number of hydrogen-bond donors (Lipinski definition) is 0. The Labute approximate surface area is 115 Å². The molecule has 0 aromatic rings. The van der Waals surface area contributed by atoms with Crippen LogP contribution >= 0.6 is 35.7 Å². The van der Waals surface area contributed by atoms with Gasteiger partial charge in [-0.1, -0.05) is 64.6 Å². The molecule has 0 unspecified atom stereocenters. The molecule has 0 radical (unpaired) electrons. The number of rotatable bonds is 8. The van der Waals surface area contributed by atoms with Crippen LogP contribution in [0.5, 0.6) is 0 Å². The van der Waals surface area contributed by atoms with Crippen molar-refractivity contribution < 1.29 is 0 Å². The molecule has 1 aliphatic rings. The van der Waals surface area contributed by atoms with Crippen LogP contribution in [0.1, 0.15) is 65.2 Å². The van der Waals surface area contributed by atoms with Gasteiger partial charge in [0.25, 0.3) is 0 Å². The van der Waals surface area contributed by atoms with Crippen molar-refractivity contribution in [3.63, 3.8) is 0 Å². The summed E-state index contributed by atoms with van der Waals surface area (Å²) in [5, 5.41) is 0. The second-order valence-electron chi connectivity index (χ2n) is 4.74. The number of thioether (sulfide) groups is 2. The van der Waals surface area contributed by atoms with Crippen molar-refractivity contribution in [1.82, 2.24) is 0 Å². The fraction of sp³-hybridized carbons (Fsp3) is 0.923. The van der Waals surface area contributed by atoms with Gasteiger partial charge in [0.15, 0.2) is 0 Å². The molecule has 0 aromatic heterocycles. The van der Waals surface area contributed by atoms with Crippen molar-refractivity contribution in [3.8, 4) is 0 Å². The van der Waals surface area contributed by atoms with Crippen LogP contribution in [0, 0.1) is 0 Å². The van der Waals surface area contributed by atoms with E-state index < -0.39 is 0 Å². The van der Waals surface area contributed by atoms with E-state index in [9.17, 15) is 0 Å². The van der Waals surface area contributed by atoms with Gasteiger partial charge in [-0.15, -0.1) is 23.5 Å². The standard InChI is InChI=1S/C13H24S3/c1-3-5-7-9-13(10-8-6-4-2)11-15-12(14)16-13/h3-11H2,1-2H3. The maximum absolute atomic E-state index is 5.35. The van der Waals surface area contributed by atoms with Crippen LogP contribution in [0.2, 0.25) is 0 Å². The molecule has 0 bridgehead atoms. The van der Waals surface area contributed by atoms with E-state index in [4.69, 9.17) is 12.2 Å². The summed E-state index contributed by atoms with van der Waals surface area (Å²) in [4.78, 5) is 0. The second kappa shape index (κ2) is 7.99. The van der Waals surface area contributed by atoms with E-state index in [0.29, 0.717) is 4.75 Å². The van der Waals surface area contributed by atoms with Gasteiger partial charge in [0.2, 0.25) is 0 Å². The van der Waals surface area contributed by atoms with E-state index in [1.54, 1.807) is 0 Å². The minimum absolute atomic E-state index is 0.506. The fourth-order valence-electron chi connectivity index (χ4n) is 2.19. The predicted molar refractivity (Wildman–Crippen MR) is 83.7 cm³/mol. The molecular weight excluding hydrogens is 252 g/mol. The predicted octanol–water partition coefficient (Wildman–Crippen LogP) is 5.65. The molecule has 0 atom stereocenters. The lowest BCUT2D eigenvalue weighted by Gasteiger charge is -2.26. The van der Waals surface area contributed by atoms with Crippen molar-refractivity contribution >= 4 is 39.3 Å². The van der Waals surface area contributed by atoms with Gasteiger partial charge in [-0.3, -0.25) is 0 Å². The molecule has 1 aliphatic heterocycles. The Kier molecular flexibility index (Phi) is 7.42. The third kappa shape index (κ3) is 4.97. The SMILES string of the molecule is CCCCCC1(CCCCC)CSC(=S)S1. The van der Waals surface area contributed by atoms with E-state index >= 15 is 0 Å². The summed E-state index contributed by atoms with van der Waals surface area (Å²) in [5.74, 6) is 1.27. The Balaban J connectivity index is 2.38. The first kappa shape index (κ1) is 14.8.